The van der Waals surface area contributed by atoms with E-state index in [1.165, 1.54) is 19.1 Å². The minimum atomic E-state index is -5.26. The number of aliphatic hydroxyl groups is 2. The van der Waals surface area contributed by atoms with Crippen molar-refractivity contribution in [2.45, 2.75) is 41.5 Å². The van der Waals surface area contributed by atoms with Crippen LogP contribution in [-0.4, -0.2) is 57.4 Å². The van der Waals surface area contributed by atoms with E-state index in [1.54, 1.807) is 5.32 Å². The van der Waals surface area contributed by atoms with Crippen LogP contribution in [0.5, 0.6) is 0 Å². The van der Waals surface area contributed by atoms with Gasteiger partial charge in [-0.15, -0.1) is 0 Å². The maximum Gasteiger partial charge on any atom is 0.426 e. The molecule has 0 spiro atoms. The number of rotatable bonds is 9. The first-order valence-corrected chi connectivity index (χ1v) is 12.9. The van der Waals surface area contributed by atoms with Gasteiger partial charge in [0.1, 0.15) is 0 Å². The van der Waals surface area contributed by atoms with Gasteiger partial charge in [0.25, 0.3) is 15.9 Å². The fraction of sp³-hybridized carbons (Fsp3) is 0.316. The molecule has 0 saturated carbocycles. The Morgan fingerprint density at radius 3 is 2.06 bits per heavy atom. The Morgan fingerprint density at radius 1 is 1.03 bits per heavy atom. The van der Waals surface area contributed by atoms with Crippen molar-refractivity contribution in [3.63, 3.8) is 0 Å². The molecule has 0 fully saturated rings. The Bertz CT molecular complexity index is 1300. The molecular formula is C19H21ClF3N3O7S2. The highest BCUT2D eigenvalue weighted by Crippen LogP contribution is 2.33. The van der Waals surface area contributed by atoms with Gasteiger partial charge in [-0.3, -0.25) is 9.52 Å². The molecule has 10 nitrogen and oxygen atoms in total. The maximum atomic E-state index is 12.8. The van der Waals surface area contributed by atoms with Crippen LogP contribution in [0.25, 0.3) is 0 Å². The molecule has 2 atom stereocenters. The number of hydrogen-bond acceptors (Lipinski definition) is 7. The van der Waals surface area contributed by atoms with E-state index in [1.807, 2.05) is 0 Å². The molecule has 0 aromatic heterocycles. The fourth-order valence-electron chi connectivity index (χ4n) is 2.37. The average molecular weight is 560 g/mol. The average Bonchev–Trinajstić information content (AvgIpc) is 2.73. The molecule has 2 rings (SSSR count). The van der Waals surface area contributed by atoms with Crippen LogP contribution >= 0.6 is 11.6 Å². The van der Waals surface area contributed by atoms with Crippen molar-refractivity contribution in [3.05, 3.63) is 47.5 Å². The van der Waals surface area contributed by atoms with Crippen molar-refractivity contribution in [2.75, 3.05) is 16.6 Å². The first-order valence-electron chi connectivity index (χ1n) is 9.57. The van der Waals surface area contributed by atoms with Crippen LogP contribution < -0.4 is 14.8 Å². The number of anilines is 2. The molecule has 0 aliphatic carbocycles. The van der Waals surface area contributed by atoms with Gasteiger partial charge >= 0.3 is 6.18 Å². The standard InChI is InChI=1S/C19H21ClF3N3O7S2/c1-11(27)10-24-34(30,31)13-5-3-12(4-6-13)26-35(32,33)14-7-8-16(15(20)9-14)25-17(28)18(2,29)19(21,22)23/h3-9,11,24,26-27,29H,10H2,1-2H3,(H,25,28)/t11?,18-/m1/s1. The molecule has 0 radical (unpaired) electrons. The second-order valence-electron chi connectivity index (χ2n) is 7.50. The van der Waals surface area contributed by atoms with E-state index in [0.717, 1.165) is 30.3 Å². The summed E-state index contributed by atoms with van der Waals surface area (Å²) in [6, 6.07) is 7.34. The molecule has 2 aromatic carbocycles. The van der Waals surface area contributed by atoms with Crippen molar-refractivity contribution < 1.29 is 45.0 Å². The zero-order valence-electron chi connectivity index (χ0n) is 18.1. The predicted octanol–water partition coefficient (Wildman–Crippen LogP) is 2.05. The van der Waals surface area contributed by atoms with Crippen LogP contribution in [0, 0.1) is 0 Å². The van der Waals surface area contributed by atoms with Crippen LogP contribution in [-0.2, 0) is 24.8 Å². The minimum Gasteiger partial charge on any atom is -0.392 e. The lowest BCUT2D eigenvalue weighted by Gasteiger charge is -2.25. The first kappa shape index (κ1) is 28.8. The number of alkyl halides is 3. The maximum absolute atomic E-state index is 12.8. The molecule has 35 heavy (non-hydrogen) atoms. The molecule has 1 unspecified atom stereocenters. The Balaban J connectivity index is 2.19. The van der Waals surface area contributed by atoms with Gasteiger partial charge in [-0.2, -0.15) is 13.2 Å². The number of halogens is 4. The smallest absolute Gasteiger partial charge is 0.392 e. The lowest BCUT2D eigenvalue weighted by atomic mass is 10.1. The predicted molar refractivity (Wildman–Crippen MR) is 121 cm³/mol. The SMILES string of the molecule is CC(O)CNS(=O)(=O)c1ccc(NS(=O)(=O)c2ccc(NC(=O)[C@@](C)(O)C(F)(F)F)c(Cl)c2)cc1. The molecule has 16 heteroatoms. The quantitative estimate of drug-likeness (QED) is 0.314. The number of aliphatic hydroxyl groups excluding tert-OH is 1. The van der Waals surface area contributed by atoms with Crippen LogP contribution in [0.4, 0.5) is 24.5 Å². The van der Waals surface area contributed by atoms with Gasteiger partial charge in [0, 0.05) is 12.2 Å². The number of carbonyl (C=O) groups excluding carboxylic acids is 1. The minimum absolute atomic E-state index is 0.0193. The number of hydrogen-bond donors (Lipinski definition) is 5. The number of amides is 1. The Labute approximate surface area is 204 Å². The molecule has 5 N–H and O–H groups in total. The lowest BCUT2D eigenvalue weighted by molar-refractivity contribution is -0.242. The van der Waals surface area contributed by atoms with E-state index in [-0.39, 0.29) is 29.7 Å². The van der Waals surface area contributed by atoms with Gasteiger partial charge in [0.15, 0.2) is 0 Å². The summed E-state index contributed by atoms with van der Waals surface area (Å²) in [6.07, 6.45) is -6.18. The van der Waals surface area contributed by atoms with E-state index in [4.69, 9.17) is 11.6 Å². The molecule has 0 aliphatic rings. The van der Waals surface area contributed by atoms with Gasteiger partial charge in [-0.25, -0.2) is 21.6 Å². The van der Waals surface area contributed by atoms with Gasteiger partial charge in [-0.1, -0.05) is 11.6 Å². The van der Waals surface area contributed by atoms with E-state index >= 15 is 0 Å². The Morgan fingerprint density at radius 2 is 1.57 bits per heavy atom. The summed E-state index contributed by atoms with van der Waals surface area (Å²) in [5.41, 5.74) is -4.11. The highest BCUT2D eigenvalue weighted by Gasteiger charge is 2.55. The Kier molecular flexibility index (Phi) is 8.46. The van der Waals surface area contributed by atoms with E-state index in [2.05, 4.69) is 9.44 Å². The van der Waals surface area contributed by atoms with Crippen LogP contribution in [0.2, 0.25) is 5.02 Å². The third-order valence-corrected chi connectivity index (χ3v) is 7.61. The highest BCUT2D eigenvalue weighted by molar-refractivity contribution is 7.92. The third kappa shape index (κ3) is 7.05. The fourth-order valence-corrected chi connectivity index (χ4v) is 4.87. The van der Waals surface area contributed by atoms with Crippen molar-refractivity contribution in [1.82, 2.24) is 4.72 Å². The van der Waals surface area contributed by atoms with Crippen molar-refractivity contribution in [1.29, 1.82) is 0 Å². The van der Waals surface area contributed by atoms with Gasteiger partial charge < -0.3 is 15.5 Å². The zero-order chi connectivity index (χ0) is 26.8. The highest BCUT2D eigenvalue weighted by atomic mass is 35.5. The third-order valence-electron chi connectivity index (χ3n) is 4.48. The number of nitrogens with one attached hydrogen (secondary N) is 3. The summed E-state index contributed by atoms with van der Waals surface area (Å²) in [5.74, 6) is -1.82. The molecule has 0 heterocycles. The lowest BCUT2D eigenvalue weighted by Crippen LogP contribution is -2.52. The molecule has 2 aromatic rings. The van der Waals surface area contributed by atoms with E-state index in [0.29, 0.717) is 0 Å². The summed E-state index contributed by atoms with van der Waals surface area (Å²) in [5, 5.41) is 20.0. The monoisotopic (exact) mass is 559 g/mol. The molecule has 1 amide bonds. The van der Waals surface area contributed by atoms with E-state index < -0.39 is 53.8 Å². The largest absolute Gasteiger partial charge is 0.426 e. The molecule has 194 valence electrons. The Hall–Kier alpha value is -2.43. The van der Waals surface area contributed by atoms with Crippen molar-refractivity contribution in [3.8, 4) is 0 Å². The van der Waals surface area contributed by atoms with Gasteiger partial charge in [0.2, 0.25) is 15.6 Å². The summed E-state index contributed by atoms with van der Waals surface area (Å²) < 4.78 is 92.3. The topological polar surface area (TPSA) is 162 Å². The number of carbonyl (C=O) groups is 1. The second-order valence-corrected chi connectivity index (χ2v) is 11.4. The summed E-state index contributed by atoms with van der Waals surface area (Å²) in [7, 11) is -8.21. The molecular weight excluding hydrogens is 539 g/mol. The number of sulfonamides is 2. The van der Waals surface area contributed by atoms with Crippen molar-refractivity contribution >= 4 is 48.9 Å². The summed E-state index contributed by atoms with van der Waals surface area (Å²) in [6.45, 7) is 1.42. The molecule has 0 bridgehead atoms. The normalized spacial score (nSPS) is 15.2. The van der Waals surface area contributed by atoms with Crippen molar-refractivity contribution in [2.24, 2.45) is 0 Å². The molecule has 0 saturated heterocycles. The number of benzene rings is 2. The van der Waals surface area contributed by atoms with Gasteiger partial charge in [-0.05, 0) is 56.3 Å². The first-order chi connectivity index (χ1) is 15.9. The van der Waals surface area contributed by atoms with E-state index in [9.17, 15) is 45.0 Å². The van der Waals surface area contributed by atoms with Crippen LogP contribution in [0.15, 0.2) is 52.3 Å². The summed E-state index contributed by atoms with van der Waals surface area (Å²) >= 11 is 5.91. The van der Waals surface area contributed by atoms with Gasteiger partial charge in [0.05, 0.1) is 26.6 Å². The van der Waals surface area contributed by atoms with Crippen LogP contribution in [0.1, 0.15) is 13.8 Å². The zero-order valence-corrected chi connectivity index (χ0v) is 20.5. The summed E-state index contributed by atoms with van der Waals surface area (Å²) in [4.78, 5) is 11.2. The van der Waals surface area contributed by atoms with Crippen LogP contribution in [0.3, 0.4) is 0 Å². The molecule has 0 aliphatic heterocycles. The second kappa shape index (κ2) is 10.3.